The van der Waals surface area contributed by atoms with Crippen LogP contribution < -0.4 is 10.6 Å². The van der Waals surface area contributed by atoms with Gasteiger partial charge in [-0.25, -0.2) is 4.98 Å². The van der Waals surface area contributed by atoms with Crippen LogP contribution in [0, 0.1) is 12.3 Å². The average Bonchev–Trinajstić information content (AvgIpc) is 2.25. The number of nitrogens with two attached hydrogens (primary N) is 1. The standard InChI is InChI=1S/C11H18N4O/c1-3-15(6-7-16)11-9(10(12)13)8(2)4-5-14-11/h4-5,16H,3,6-7H2,1-2H3,(H3,12,13). The summed E-state index contributed by atoms with van der Waals surface area (Å²) in [5.41, 5.74) is 7.13. The van der Waals surface area contributed by atoms with Gasteiger partial charge in [-0.1, -0.05) is 0 Å². The summed E-state index contributed by atoms with van der Waals surface area (Å²) in [6.45, 7) is 5.14. The highest BCUT2D eigenvalue weighted by molar-refractivity contribution is 6.00. The van der Waals surface area contributed by atoms with Gasteiger partial charge in [0.2, 0.25) is 0 Å². The van der Waals surface area contributed by atoms with Gasteiger partial charge < -0.3 is 15.7 Å². The fraction of sp³-hybridized carbons (Fsp3) is 0.455. The smallest absolute Gasteiger partial charge is 0.139 e. The number of hydrogen-bond acceptors (Lipinski definition) is 4. The lowest BCUT2D eigenvalue weighted by Crippen LogP contribution is -2.30. The fourth-order valence-electron chi connectivity index (χ4n) is 1.65. The van der Waals surface area contributed by atoms with Crippen LogP contribution >= 0.6 is 0 Å². The Kier molecular flexibility index (Phi) is 4.25. The van der Waals surface area contributed by atoms with Crippen molar-refractivity contribution in [3.63, 3.8) is 0 Å². The van der Waals surface area contributed by atoms with Crippen LogP contribution in [0.15, 0.2) is 12.3 Å². The summed E-state index contributed by atoms with van der Waals surface area (Å²) in [5, 5.41) is 16.5. The summed E-state index contributed by atoms with van der Waals surface area (Å²) < 4.78 is 0. The molecule has 0 fully saturated rings. The predicted octanol–water partition coefficient (Wildman–Crippen LogP) is 0.493. The van der Waals surface area contributed by atoms with E-state index in [1.165, 1.54) is 0 Å². The maximum Gasteiger partial charge on any atom is 0.139 e. The molecule has 0 bridgehead atoms. The lowest BCUT2D eigenvalue weighted by Gasteiger charge is -2.23. The molecule has 0 spiro atoms. The molecule has 1 aromatic heterocycles. The molecule has 0 aliphatic heterocycles. The molecule has 0 radical (unpaired) electrons. The first kappa shape index (κ1) is 12.4. The van der Waals surface area contributed by atoms with E-state index < -0.39 is 0 Å². The number of likely N-dealkylation sites (N-methyl/N-ethyl adjacent to an activating group) is 1. The third-order valence-corrected chi connectivity index (χ3v) is 2.46. The minimum atomic E-state index is 0.0111. The SMILES string of the molecule is CCN(CCO)c1nccc(C)c1C(=N)N. The highest BCUT2D eigenvalue weighted by Crippen LogP contribution is 2.19. The van der Waals surface area contributed by atoms with Crippen LogP contribution in [0.25, 0.3) is 0 Å². The summed E-state index contributed by atoms with van der Waals surface area (Å²) in [5.74, 6) is 0.682. The average molecular weight is 222 g/mol. The van der Waals surface area contributed by atoms with Gasteiger partial charge in [-0.15, -0.1) is 0 Å². The molecule has 88 valence electrons. The Morgan fingerprint density at radius 2 is 2.31 bits per heavy atom. The third kappa shape index (κ3) is 2.49. The van der Waals surface area contributed by atoms with Gasteiger partial charge in [0, 0.05) is 19.3 Å². The van der Waals surface area contributed by atoms with Crippen molar-refractivity contribution in [1.29, 1.82) is 5.41 Å². The molecule has 5 heteroatoms. The summed E-state index contributed by atoms with van der Waals surface area (Å²) in [7, 11) is 0. The van der Waals surface area contributed by atoms with Crippen molar-refractivity contribution < 1.29 is 5.11 Å². The van der Waals surface area contributed by atoms with Crippen LogP contribution in [0.3, 0.4) is 0 Å². The van der Waals surface area contributed by atoms with Gasteiger partial charge >= 0.3 is 0 Å². The molecule has 16 heavy (non-hydrogen) atoms. The molecule has 1 heterocycles. The van der Waals surface area contributed by atoms with Crippen molar-refractivity contribution in [1.82, 2.24) is 4.98 Å². The van der Waals surface area contributed by atoms with Crippen LogP contribution in [-0.2, 0) is 0 Å². The molecule has 5 nitrogen and oxygen atoms in total. The van der Waals surface area contributed by atoms with Crippen LogP contribution in [0.4, 0.5) is 5.82 Å². The fourth-order valence-corrected chi connectivity index (χ4v) is 1.65. The molecule has 0 saturated carbocycles. The number of aryl methyl sites for hydroxylation is 1. The molecule has 0 aliphatic carbocycles. The summed E-state index contributed by atoms with van der Waals surface area (Å²) in [6, 6.07) is 1.83. The van der Waals surface area contributed by atoms with Crippen LogP contribution in [0.5, 0.6) is 0 Å². The first-order valence-corrected chi connectivity index (χ1v) is 5.27. The van der Waals surface area contributed by atoms with Crippen molar-refractivity contribution in [3.8, 4) is 0 Å². The number of nitrogens with zero attached hydrogens (tertiary/aromatic N) is 2. The second-order valence-electron chi connectivity index (χ2n) is 3.54. The van der Waals surface area contributed by atoms with E-state index in [9.17, 15) is 0 Å². The van der Waals surface area contributed by atoms with E-state index >= 15 is 0 Å². The molecular weight excluding hydrogens is 204 g/mol. The van der Waals surface area contributed by atoms with E-state index in [4.69, 9.17) is 16.2 Å². The number of pyridine rings is 1. The van der Waals surface area contributed by atoms with Gasteiger partial charge in [-0.05, 0) is 25.5 Å². The number of aromatic nitrogens is 1. The highest BCUT2D eigenvalue weighted by atomic mass is 16.3. The summed E-state index contributed by atoms with van der Waals surface area (Å²) >= 11 is 0. The zero-order valence-electron chi connectivity index (χ0n) is 9.70. The Labute approximate surface area is 95.4 Å². The Morgan fingerprint density at radius 1 is 1.62 bits per heavy atom. The zero-order chi connectivity index (χ0) is 12.1. The second kappa shape index (κ2) is 5.46. The van der Waals surface area contributed by atoms with Gasteiger partial charge in [0.1, 0.15) is 11.7 Å². The second-order valence-corrected chi connectivity index (χ2v) is 3.54. The van der Waals surface area contributed by atoms with Crippen molar-refractivity contribution in [2.24, 2.45) is 5.73 Å². The quantitative estimate of drug-likeness (QED) is 0.500. The summed E-state index contributed by atoms with van der Waals surface area (Å²) in [6.07, 6.45) is 1.69. The molecule has 1 aromatic rings. The molecule has 4 N–H and O–H groups in total. The first-order valence-electron chi connectivity index (χ1n) is 5.27. The van der Waals surface area contributed by atoms with Crippen molar-refractivity contribution >= 4 is 11.7 Å². The number of rotatable bonds is 5. The Morgan fingerprint density at radius 3 is 2.81 bits per heavy atom. The minimum absolute atomic E-state index is 0.0111. The normalized spacial score (nSPS) is 10.2. The molecule has 0 saturated heterocycles. The molecule has 1 rings (SSSR count). The number of nitrogens with one attached hydrogen (secondary N) is 1. The van der Waals surface area contributed by atoms with E-state index in [1.54, 1.807) is 6.20 Å². The molecule has 0 aromatic carbocycles. The van der Waals surface area contributed by atoms with Gasteiger partial charge in [-0.2, -0.15) is 0 Å². The topological polar surface area (TPSA) is 86.2 Å². The third-order valence-electron chi connectivity index (χ3n) is 2.46. The van der Waals surface area contributed by atoms with Gasteiger partial charge in [0.15, 0.2) is 0 Å². The van der Waals surface area contributed by atoms with E-state index in [0.717, 1.165) is 12.1 Å². The Hall–Kier alpha value is -1.62. The van der Waals surface area contributed by atoms with Crippen LogP contribution in [-0.4, -0.2) is 35.6 Å². The lowest BCUT2D eigenvalue weighted by molar-refractivity contribution is 0.302. The van der Waals surface area contributed by atoms with E-state index in [-0.39, 0.29) is 12.4 Å². The number of amidine groups is 1. The van der Waals surface area contributed by atoms with Gasteiger partial charge in [-0.3, -0.25) is 5.41 Å². The van der Waals surface area contributed by atoms with Gasteiger partial charge in [0.25, 0.3) is 0 Å². The monoisotopic (exact) mass is 222 g/mol. The number of nitrogen functional groups attached to an aromatic ring is 1. The maximum atomic E-state index is 8.97. The van der Waals surface area contributed by atoms with Crippen molar-refractivity contribution in [2.45, 2.75) is 13.8 Å². The highest BCUT2D eigenvalue weighted by Gasteiger charge is 2.14. The Bertz CT molecular complexity index is 378. The molecule has 0 amide bonds. The zero-order valence-corrected chi connectivity index (χ0v) is 9.70. The van der Waals surface area contributed by atoms with Crippen molar-refractivity contribution in [2.75, 3.05) is 24.6 Å². The van der Waals surface area contributed by atoms with E-state index in [1.807, 2.05) is 24.8 Å². The minimum Gasteiger partial charge on any atom is -0.395 e. The predicted molar refractivity (Wildman–Crippen MR) is 65.0 cm³/mol. The number of hydrogen-bond donors (Lipinski definition) is 3. The molecular formula is C11H18N4O. The number of aliphatic hydroxyl groups excluding tert-OH is 1. The molecule has 0 atom stereocenters. The number of anilines is 1. The van der Waals surface area contributed by atoms with E-state index in [2.05, 4.69) is 4.98 Å². The number of aliphatic hydroxyl groups is 1. The maximum absolute atomic E-state index is 8.97. The van der Waals surface area contributed by atoms with Crippen molar-refractivity contribution in [3.05, 3.63) is 23.4 Å². The van der Waals surface area contributed by atoms with Crippen LogP contribution in [0.1, 0.15) is 18.1 Å². The molecule has 0 unspecified atom stereocenters. The van der Waals surface area contributed by atoms with E-state index in [0.29, 0.717) is 17.9 Å². The van der Waals surface area contributed by atoms with Crippen LogP contribution in [0.2, 0.25) is 0 Å². The Balaban J connectivity index is 3.20. The first-order chi connectivity index (χ1) is 7.61. The molecule has 0 aliphatic rings. The van der Waals surface area contributed by atoms with Gasteiger partial charge in [0.05, 0.1) is 12.2 Å². The largest absolute Gasteiger partial charge is 0.395 e. The summed E-state index contributed by atoms with van der Waals surface area (Å²) in [4.78, 5) is 6.15. The lowest BCUT2D eigenvalue weighted by atomic mass is 10.1.